The number of aryl methyl sites for hydroxylation is 1. The van der Waals surface area contributed by atoms with Gasteiger partial charge in [-0.3, -0.25) is 14.4 Å². The number of carbonyl (C=O) groups is 2. The number of hydrogen-bond donors (Lipinski definition) is 0. The summed E-state index contributed by atoms with van der Waals surface area (Å²) in [7, 11) is 2.89. The molecular weight excluding hydrogens is 351 g/mol. The van der Waals surface area contributed by atoms with Crippen molar-refractivity contribution in [3.8, 4) is 0 Å². The Hall–Kier alpha value is -1.54. The number of carbonyl (C=O) groups excluding carboxylic acids is 2. The number of piperidine rings is 1. The molecule has 0 aromatic heterocycles. The molecule has 0 N–H and O–H groups in total. The van der Waals surface area contributed by atoms with Crippen molar-refractivity contribution in [1.29, 1.82) is 0 Å². The summed E-state index contributed by atoms with van der Waals surface area (Å²) in [4.78, 5) is 36.6. The molecule has 1 spiro atoms. The number of hydrogen-bond acceptors (Lipinski definition) is 5. The number of Topliss-reactive ketones (excluding diaryl/α,β-unsaturated/α-hetero) is 1. The molecule has 0 bridgehead atoms. The van der Waals surface area contributed by atoms with Gasteiger partial charge in [-0.05, 0) is 31.4 Å². The Morgan fingerprint density at radius 1 is 1.20 bits per heavy atom. The van der Waals surface area contributed by atoms with Crippen LogP contribution in [0.5, 0.6) is 0 Å². The van der Waals surface area contributed by atoms with Gasteiger partial charge < -0.3 is 4.84 Å². The van der Waals surface area contributed by atoms with Crippen molar-refractivity contribution in [3.05, 3.63) is 34.1 Å². The summed E-state index contributed by atoms with van der Waals surface area (Å²) in [5, 5.41) is 2.88. The van der Waals surface area contributed by atoms with Crippen LogP contribution >= 0.6 is 11.6 Å². The van der Waals surface area contributed by atoms with Crippen molar-refractivity contribution in [1.82, 2.24) is 10.1 Å². The standard InChI is InChI=1S/C17H20ClFN2O4/c1-10-4-5-11(18)12(14(10)19)13-15(22)17(21(25-3)16(13)23)6-8-20(24-2)9-7-17/h4-5,13H,6-9H2,1-3H3. The van der Waals surface area contributed by atoms with E-state index in [-0.39, 0.29) is 16.4 Å². The molecule has 1 amide bonds. The van der Waals surface area contributed by atoms with Crippen molar-refractivity contribution < 1.29 is 23.7 Å². The molecule has 1 atom stereocenters. The van der Waals surface area contributed by atoms with Crippen LogP contribution in [0.1, 0.15) is 29.9 Å². The summed E-state index contributed by atoms with van der Waals surface area (Å²) in [6, 6.07) is 3.03. The van der Waals surface area contributed by atoms with Crippen molar-refractivity contribution in [2.45, 2.75) is 31.2 Å². The van der Waals surface area contributed by atoms with Gasteiger partial charge in [-0.2, -0.15) is 5.06 Å². The second-order valence-corrected chi connectivity index (χ2v) is 6.75. The number of amides is 1. The van der Waals surface area contributed by atoms with Crippen LogP contribution in [0, 0.1) is 12.7 Å². The number of hydroxylamine groups is 4. The average Bonchev–Trinajstić information content (AvgIpc) is 2.80. The molecule has 3 rings (SSSR count). The summed E-state index contributed by atoms with van der Waals surface area (Å²) >= 11 is 6.14. The van der Waals surface area contributed by atoms with Gasteiger partial charge >= 0.3 is 0 Å². The summed E-state index contributed by atoms with van der Waals surface area (Å²) < 4.78 is 14.7. The van der Waals surface area contributed by atoms with E-state index in [9.17, 15) is 14.0 Å². The minimum absolute atomic E-state index is 0.0650. The van der Waals surface area contributed by atoms with Crippen LogP contribution in [0.2, 0.25) is 5.02 Å². The van der Waals surface area contributed by atoms with Crippen LogP contribution in [0.15, 0.2) is 12.1 Å². The molecular formula is C17H20ClFN2O4. The van der Waals surface area contributed by atoms with Gasteiger partial charge in [0, 0.05) is 23.7 Å². The Morgan fingerprint density at radius 3 is 2.40 bits per heavy atom. The average molecular weight is 371 g/mol. The predicted molar refractivity (Wildman–Crippen MR) is 88.3 cm³/mol. The Kier molecular flexibility index (Phi) is 4.85. The van der Waals surface area contributed by atoms with E-state index < -0.39 is 23.2 Å². The fourth-order valence-electron chi connectivity index (χ4n) is 3.76. The van der Waals surface area contributed by atoms with Crippen molar-refractivity contribution in [2.24, 2.45) is 0 Å². The Labute approximate surface area is 150 Å². The zero-order valence-electron chi connectivity index (χ0n) is 14.3. The first-order chi connectivity index (χ1) is 11.9. The third-order valence-corrected chi connectivity index (χ3v) is 5.48. The Morgan fingerprint density at radius 2 is 1.84 bits per heavy atom. The first kappa shape index (κ1) is 18.3. The van der Waals surface area contributed by atoms with Gasteiger partial charge in [0.05, 0.1) is 14.2 Å². The molecule has 6 nitrogen and oxygen atoms in total. The number of nitrogens with zero attached hydrogens (tertiary/aromatic N) is 2. The fourth-order valence-corrected chi connectivity index (χ4v) is 4.01. The third-order valence-electron chi connectivity index (χ3n) is 5.16. The van der Waals surface area contributed by atoms with Crippen LogP contribution in [-0.2, 0) is 19.3 Å². The highest BCUT2D eigenvalue weighted by atomic mass is 35.5. The first-order valence-corrected chi connectivity index (χ1v) is 8.41. The lowest BCUT2D eigenvalue weighted by Gasteiger charge is -2.40. The van der Waals surface area contributed by atoms with E-state index in [4.69, 9.17) is 21.3 Å². The normalized spacial score (nSPS) is 23.7. The molecule has 1 unspecified atom stereocenters. The van der Waals surface area contributed by atoms with Crippen LogP contribution in [0.25, 0.3) is 0 Å². The number of benzene rings is 1. The van der Waals surface area contributed by atoms with Gasteiger partial charge in [-0.25, -0.2) is 9.45 Å². The molecule has 1 aromatic carbocycles. The molecule has 2 aliphatic heterocycles. The van der Waals surface area contributed by atoms with Gasteiger partial charge in [0.1, 0.15) is 17.3 Å². The maximum atomic E-state index is 14.7. The van der Waals surface area contributed by atoms with E-state index in [1.54, 1.807) is 19.1 Å². The summed E-state index contributed by atoms with van der Waals surface area (Å²) in [6.07, 6.45) is 0.696. The van der Waals surface area contributed by atoms with Crippen molar-refractivity contribution in [3.63, 3.8) is 0 Å². The van der Waals surface area contributed by atoms with Crippen LogP contribution in [0.4, 0.5) is 4.39 Å². The zero-order valence-corrected chi connectivity index (χ0v) is 15.1. The lowest BCUT2D eigenvalue weighted by atomic mass is 9.80. The van der Waals surface area contributed by atoms with E-state index >= 15 is 0 Å². The minimum Gasteiger partial charge on any atom is -0.302 e. The Bertz CT molecular complexity index is 719. The van der Waals surface area contributed by atoms with Gasteiger partial charge in [-0.1, -0.05) is 17.7 Å². The zero-order chi connectivity index (χ0) is 18.4. The van der Waals surface area contributed by atoms with Gasteiger partial charge in [-0.15, -0.1) is 0 Å². The highest BCUT2D eigenvalue weighted by Gasteiger charge is 2.61. The molecule has 0 aliphatic carbocycles. The highest BCUT2D eigenvalue weighted by molar-refractivity contribution is 6.32. The summed E-state index contributed by atoms with van der Waals surface area (Å²) in [5.74, 6) is -2.87. The molecule has 1 aromatic rings. The van der Waals surface area contributed by atoms with E-state index in [1.165, 1.54) is 19.2 Å². The molecule has 2 fully saturated rings. The van der Waals surface area contributed by atoms with E-state index in [2.05, 4.69) is 0 Å². The largest absolute Gasteiger partial charge is 0.302 e. The van der Waals surface area contributed by atoms with E-state index in [0.717, 1.165) is 5.06 Å². The fraction of sp³-hybridized carbons (Fsp3) is 0.529. The summed E-state index contributed by atoms with van der Waals surface area (Å²) in [5.41, 5.74) is -0.853. The van der Waals surface area contributed by atoms with Gasteiger partial charge in [0.15, 0.2) is 5.78 Å². The van der Waals surface area contributed by atoms with Crippen molar-refractivity contribution in [2.75, 3.05) is 27.3 Å². The van der Waals surface area contributed by atoms with Gasteiger partial charge in [0.25, 0.3) is 5.91 Å². The topological polar surface area (TPSA) is 59.1 Å². The SMILES string of the molecule is CON1CCC2(CC1)C(=O)C(c1c(Cl)ccc(C)c1F)C(=O)N2OC. The van der Waals surface area contributed by atoms with E-state index in [0.29, 0.717) is 31.5 Å². The van der Waals surface area contributed by atoms with E-state index in [1.807, 2.05) is 0 Å². The highest BCUT2D eigenvalue weighted by Crippen LogP contribution is 2.45. The maximum Gasteiger partial charge on any atom is 0.262 e. The monoisotopic (exact) mass is 370 g/mol. The number of rotatable bonds is 3. The van der Waals surface area contributed by atoms with Crippen LogP contribution < -0.4 is 0 Å². The quantitative estimate of drug-likeness (QED) is 0.764. The Balaban J connectivity index is 2.06. The van der Waals surface area contributed by atoms with Crippen LogP contribution in [-0.4, -0.2) is 54.7 Å². The predicted octanol–water partition coefficient (Wildman–Crippen LogP) is 2.24. The summed E-state index contributed by atoms with van der Waals surface area (Å²) in [6.45, 7) is 2.50. The number of halogens is 2. The van der Waals surface area contributed by atoms with Crippen molar-refractivity contribution >= 4 is 23.3 Å². The molecule has 2 saturated heterocycles. The molecule has 25 heavy (non-hydrogen) atoms. The molecule has 2 aliphatic rings. The molecule has 2 heterocycles. The number of ketones is 1. The van der Waals surface area contributed by atoms with Crippen LogP contribution in [0.3, 0.4) is 0 Å². The second-order valence-electron chi connectivity index (χ2n) is 6.35. The lowest BCUT2D eigenvalue weighted by Crippen LogP contribution is -2.55. The van der Waals surface area contributed by atoms with Gasteiger partial charge in [0.2, 0.25) is 0 Å². The second kappa shape index (κ2) is 6.64. The maximum absolute atomic E-state index is 14.7. The minimum atomic E-state index is -1.29. The molecule has 0 saturated carbocycles. The smallest absolute Gasteiger partial charge is 0.262 e. The molecule has 0 radical (unpaired) electrons. The lowest BCUT2D eigenvalue weighted by molar-refractivity contribution is -0.219. The third kappa shape index (κ3) is 2.66. The first-order valence-electron chi connectivity index (χ1n) is 8.03. The molecule has 8 heteroatoms. The molecule has 136 valence electrons.